The maximum atomic E-state index is 12.8. The Morgan fingerprint density at radius 2 is 1.62 bits per heavy atom. The highest BCUT2D eigenvalue weighted by molar-refractivity contribution is 8.26. The Kier molecular flexibility index (Phi) is 6.99. The minimum atomic E-state index is -0.234. The highest BCUT2D eigenvalue weighted by Crippen LogP contribution is 2.33. The van der Waals surface area contributed by atoms with Gasteiger partial charge in [0.25, 0.3) is 11.8 Å². The molecule has 1 aliphatic rings. The first-order valence-corrected chi connectivity index (χ1v) is 11.2. The van der Waals surface area contributed by atoms with E-state index in [1.807, 2.05) is 78.9 Å². The summed E-state index contributed by atoms with van der Waals surface area (Å²) in [4.78, 5) is 27.0. The van der Waals surface area contributed by atoms with Crippen LogP contribution in [0, 0.1) is 0 Å². The number of carbonyl (C=O) groups is 2. The molecule has 0 aromatic heterocycles. The van der Waals surface area contributed by atoms with Crippen LogP contribution in [0.25, 0.3) is 6.08 Å². The van der Waals surface area contributed by atoms with Crippen LogP contribution in [0.4, 0.5) is 5.69 Å². The second kappa shape index (κ2) is 10.3. The number of thioether (sulfide) groups is 1. The van der Waals surface area contributed by atoms with Gasteiger partial charge in [-0.3, -0.25) is 14.5 Å². The summed E-state index contributed by atoms with van der Waals surface area (Å²) in [6.07, 6.45) is 1.82. The van der Waals surface area contributed by atoms with E-state index in [2.05, 4.69) is 5.32 Å². The molecule has 0 bridgehead atoms. The van der Waals surface area contributed by atoms with Crippen LogP contribution in [0.5, 0.6) is 5.75 Å². The van der Waals surface area contributed by atoms with E-state index in [-0.39, 0.29) is 18.4 Å². The molecule has 1 saturated heterocycles. The lowest BCUT2D eigenvalue weighted by molar-refractivity contribution is -0.122. The fraction of sp³-hybridized carbons (Fsp3) is 0.0800. The van der Waals surface area contributed by atoms with Crippen molar-refractivity contribution >= 4 is 51.9 Å². The van der Waals surface area contributed by atoms with Crippen molar-refractivity contribution in [3.8, 4) is 5.75 Å². The van der Waals surface area contributed by atoms with Gasteiger partial charge in [0.2, 0.25) is 0 Å². The van der Waals surface area contributed by atoms with Crippen molar-refractivity contribution in [3.63, 3.8) is 0 Å². The maximum absolute atomic E-state index is 12.8. The average Bonchev–Trinajstić information content (AvgIpc) is 3.07. The third kappa shape index (κ3) is 5.63. The summed E-state index contributed by atoms with van der Waals surface area (Å²) < 4.78 is 6.10. The number of amides is 2. The lowest BCUT2D eigenvalue weighted by atomic mass is 10.2. The van der Waals surface area contributed by atoms with Gasteiger partial charge >= 0.3 is 0 Å². The quantitative estimate of drug-likeness (QED) is 0.392. The van der Waals surface area contributed by atoms with Gasteiger partial charge in [-0.15, -0.1) is 0 Å². The third-order valence-electron chi connectivity index (χ3n) is 4.66. The van der Waals surface area contributed by atoms with Gasteiger partial charge in [0.05, 0.1) is 11.4 Å². The first-order chi connectivity index (χ1) is 15.6. The highest BCUT2D eigenvalue weighted by atomic mass is 32.2. The standard InChI is InChI=1S/C25H20N2O3S2/c28-23(26-20-9-5-2-6-10-20)17-30-21-13-11-18(12-14-21)15-22-24(29)27(25(31)32-22)16-19-7-3-1-4-8-19/h1-15H,16-17H2,(H,26,28)/b22-15+. The largest absolute Gasteiger partial charge is 0.484 e. The molecule has 3 aromatic carbocycles. The number of rotatable bonds is 7. The number of benzene rings is 3. The number of carbonyl (C=O) groups excluding carboxylic acids is 2. The van der Waals surface area contributed by atoms with Crippen molar-refractivity contribution in [1.29, 1.82) is 0 Å². The van der Waals surface area contributed by atoms with Crippen LogP contribution < -0.4 is 10.1 Å². The molecular weight excluding hydrogens is 440 g/mol. The van der Waals surface area contributed by atoms with Crippen molar-refractivity contribution in [2.24, 2.45) is 0 Å². The molecule has 3 aromatic rings. The molecule has 4 rings (SSSR count). The summed E-state index contributed by atoms with van der Waals surface area (Å²) in [5, 5.41) is 2.77. The third-order valence-corrected chi connectivity index (χ3v) is 6.04. The van der Waals surface area contributed by atoms with Crippen molar-refractivity contribution in [2.45, 2.75) is 6.54 Å². The lowest BCUT2D eigenvalue weighted by Gasteiger charge is -2.14. The smallest absolute Gasteiger partial charge is 0.266 e. The van der Waals surface area contributed by atoms with Gasteiger partial charge < -0.3 is 10.1 Å². The number of ether oxygens (including phenoxy) is 1. The van der Waals surface area contributed by atoms with Crippen molar-refractivity contribution in [1.82, 2.24) is 4.90 Å². The Bertz CT molecular complexity index is 1150. The van der Waals surface area contributed by atoms with Gasteiger partial charge in [-0.05, 0) is 41.5 Å². The Morgan fingerprint density at radius 1 is 0.969 bits per heavy atom. The fourth-order valence-corrected chi connectivity index (χ4v) is 4.34. The van der Waals surface area contributed by atoms with Gasteiger partial charge in [-0.25, -0.2) is 0 Å². The van der Waals surface area contributed by atoms with Crippen LogP contribution in [0.1, 0.15) is 11.1 Å². The molecule has 0 radical (unpaired) electrons. The zero-order valence-corrected chi connectivity index (χ0v) is 18.7. The lowest BCUT2D eigenvalue weighted by Crippen LogP contribution is -2.27. The normalized spacial score (nSPS) is 14.6. The van der Waals surface area contributed by atoms with Crippen LogP contribution in [-0.4, -0.2) is 27.6 Å². The highest BCUT2D eigenvalue weighted by Gasteiger charge is 2.31. The topological polar surface area (TPSA) is 58.6 Å². The number of anilines is 1. The van der Waals surface area contributed by atoms with E-state index in [1.54, 1.807) is 17.0 Å². The van der Waals surface area contributed by atoms with Crippen LogP contribution in [-0.2, 0) is 16.1 Å². The predicted octanol–water partition coefficient (Wildman–Crippen LogP) is 5.11. The Morgan fingerprint density at radius 3 is 2.31 bits per heavy atom. The van der Waals surface area contributed by atoms with E-state index in [1.165, 1.54) is 11.8 Å². The number of hydrogen-bond acceptors (Lipinski definition) is 5. The first kappa shape index (κ1) is 21.8. The number of para-hydroxylation sites is 1. The van der Waals surface area contributed by atoms with E-state index in [0.717, 1.165) is 16.8 Å². The van der Waals surface area contributed by atoms with E-state index in [9.17, 15) is 9.59 Å². The molecule has 1 N–H and O–H groups in total. The molecule has 1 heterocycles. The molecule has 1 fully saturated rings. The van der Waals surface area contributed by atoms with Gasteiger partial charge in [0.15, 0.2) is 6.61 Å². The molecule has 32 heavy (non-hydrogen) atoms. The first-order valence-electron chi connectivity index (χ1n) is 9.95. The second-order valence-corrected chi connectivity index (χ2v) is 8.70. The zero-order chi connectivity index (χ0) is 22.3. The van der Waals surface area contributed by atoms with Crippen LogP contribution in [0.2, 0.25) is 0 Å². The summed E-state index contributed by atoms with van der Waals surface area (Å²) in [5.74, 6) is 0.242. The van der Waals surface area contributed by atoms with Gasteiger partial charge in [-0.2, -0.15) is 0 Å². The van der Waals surface area contributed by atoms with Crippen LogP contribution in [0.3, 0.4) is 0 Å². The molecule has 5 nitrogen and oxygen atoms in total. The predicted molar refractivity (Wildman–Crippen MR) is 132 cm³/mol. The molecule has 7 heteroatoms. The van der Waals surface area contributed by atoms with E-state index in [4.69, 9.17) is 17.0 Å². The van der Waals surface area contributed by atoms with E-state index < -0.39 is 0 Å². The second-order valence-electron chi connectivity index (χ2n) is 7.03. The summed E-state index contributed by atoms with van der Waals surface area (Å²) in [6.45, 7) is 0.368. The minimum absolute atomic E-state index is 0.0909. The Hall–Kier alpha value is -3.42. The summed E-state index contributed by atoms with van der Waals surface area (Å²) in [7, 11) is 0. The molecule has 1 aliphatic heterocycles. The average molecular weight is 461 g/mol. The van der Waals surface area contributed by atoms with Gasteiger partial charge in [0.1, 0.15) is 10.1 Å². The Balaban J connectivity index is 1.34. The number of nitrogens with zero attached hydrogens (tertiary/aromatic N) is 1. The monoisotopic (exact) mass is 460 g/mol. The molecule has 160 valence electrons. The molecule has 0 aliphatic carbocycles. The van der Waals surface area contributed by atoms with E-state index in [0.29, 0.717) is 21.5 Å². The summed E-state index contributed by atoms with van der Waals surface area (Å²) in [6, 6.07) is 26.2. The van der Waals surface area contributed by atoms with E-state index >= 15 is 0 Å². The summed E-state index contributed by atoms with van der Waals surface area (Å²) in [5.41, 5.74) is 2.61. The molecule has 0 saturated carbocycles. The van der Waals surface area contributed by atoms with Crippen molar-refractivity contribution < 1.29 is 14.3 Å². The number of hydrogen-bond donors (Lipinski definition) is 1. The SMILES string of the molecule is O=C(COc1ccc(/C=C2/SC(=S)N(Cc3ccccc3)C2=O)cc1)Nc1ccccc1. The molecule has 0 atom stereocenters. The fourth-order valence-electron chi connectivity index (χ4n) is 3.08. The van der Waals surface area contributed by atoms with Crippen LogP contribution >= 0.6 is 24.0 Å². The maximum Gasteiger partial charge on any atom is 0.266 e. The number of thiocarbonyl (C=S) groups is 1. The minimum Gasteiger partial charge on any atom is -0.484 e. The molecule has 0 spiro atoms. The van der Waals surface area contributed by atoms with Crippen molar-refractivity contribution in [3.05, 3.63) is 101 Å². The number of nitrogens with one attached hydrogen (secondary N) is 1. The molecule has 0 unspecified atom stereocenters. The Labute approximate surface area is 196 Å². The van der Waals surface area contributed by atoms with Gasteiger partial charge in [-0.1, -0.05) is 84.6 Å². The van der Waals surface area contributed by atoms with Gasteiger partial charge in [0, 0.05) is 5.69 Å². The molecule has 2 amide bonds. The van der Waals surface area contributed by atoms with Crippen molar-refractivity contribution in [2.75, 3.05) is 11.9 Å². The molecular formula is C25H20N2O3S2. The zero-order valence-electron chi connectivity index (χ0n) is 17.1. The van der Waals surface area contributed by atoms with Crippen LogP contribution in [0.15, 0.2) is 89.8 Å². The summed E-state index contributed by atoms with van der Waals surface area (Å²) >= 11 is 6.71.